The molecule has 0 unspecified atom stereocenters. The van der Waals surface area contributed by atoms with E-state index in [4.69, 9.17) is 10.7 Å². The van der Waals surface area contributed by atoms with Gasteiger partial charge in [-0.05, 0) is 58.9 Å². The fourth-order valence-corrected chi connectivity index (χ4v) is 4.11. The summed E-state index contributed by atoms with van der Waals surface area (Å²) >= 11 is 1.61. The third kappa shape index (κ3) is 7.94. The molecule has 0 saturated carbocycles. The molecule has 0 bridgehead atoms. The highest BCUT2D eigenvalue weighted by Crippen LogP contribution is 2.29. The van der Waals surface area contributed by atoms with E-state index in [2.05, 4.69) is 0 Å². The molecule has 2 aromatic rings. The number of nitrogens with zero attached hydrogens (tertiary/aromatic N) is 3. The van der Waals surface area contributed by atoms with E-state index in [0.29, 0.717) is 11.4 Å². The van der Waals surface area contributed by atoms with Crippen LogP contribution in [0.2, 0.25) is 0 Å². The van der Waals surface area contributed by atoms with Crippen LogP contribution in [0.25, 0.3) is 0 Å². The molecule has 2 aromatic carbocycles. The van der Waals surface area contributed by atoms with Crippen LogP contribution in [0.15, 0.2) is 65.7 Å². The molecule has 1 saturated heterocycles. The number of rotatable bonds is 3. The SMILES string of the molecule is CC(C)N1C(=O)N(c2ccccc2)CSC1=NC(C)(C)C.NC(=O)NC(=O)c1ccccc1. The maximum atomic E-state index is 12.8. The van der Waals surface area contributed by atoms with Gasteiger partial charge < -0.3 is 5.73 Å². The lowest BCUT2D eigenvalue weighted by atomic mass is 10.1. The van der Waals surface area contributed by atoms with Crippen molar-refractivity contribution in [2.75, 3.05) is 10.8 Å². The van der Waals surface area contributed by atoms with Gasteiger partial charge in [-0.3, -0.25) is 24.9 Å². The van der Waals surface area contributed by atoms with Crippen molar-refractivity contribution in [1.82, 2.24) is 10.2 Å². The Morgan fingerprint density at radius 2 is 1.58 bits per heavy atom. The molecule has 1 fully saturated rings. The van der Waals surface area contributed by atoms with Crippen molar-refractivity contribution in [3.8, 4) is 0 Å². The molecule has 0 radical (unpaired) electrons. The minimum absolute atomic E-state index is 0.00190. The molecule has 0 aromatic heterocycles. The van der Waals surface area contributed by atoms with Crippen LogP contribution >= 0.6 is 11.8 Å². The summed E-state index contributed by atoms with van der Waals surface area (Å²) in [6.45, 7) is 10.2. The maximum Gasteiger partial charge on any atom is 0.331 e. The number of nitrogens with one attached hydrogen (secondary N) is 1. The zero-order chi connectivity index (χ0) is 24.6. The van der Waals surface area contributed by atoms with E-state index in [1.165, 1.54) is 0 Å². The van der Waals surface area contributed by atoms with Crippen molar-refractivity contribution >= 4 is 40.6 Å². The van der Waals surface area contributed by atoms with Crippen LogP contribution in [0.1, 0.15) is 45.0 Å². The first-order chi connectivity index (χ1) is 15.5. The fraction of sp³-hybridized carbons (Fsp3) is 0.333. The minimum atomic E-state index is -0.844. The Hall–Kier alpha value is -3.33. The van der Waals surface area contributed by atoms with Crippen molar-refractivity contribution < 1.29 is 14.4 Å². The molecule has 9 heteroatoms. The molecule has 0 aliphatic carbocycles. The van der Waals surface area contributed by atoms with Gasteiger partial charge in [0.2, 0.25) is 0 Å². The smallest absolute Gasteiger partial charge is 0.331 e. The van der Waals surface area contributed by atoms with E-state index in [1.807, 2.05) is 70.3 Å². The van der Waals surface area contributed by atoms with Gasteiger partial charge in [0.1, 0.15) is 0 Å². The van der Waals surface area contributed by atoms with Gasteiger partial charge in [0, 0.05) is 17.3 Å². The topological polar surface area (TPSA) is 108 Å². The van der Waals surface area contributed by atoms with E-state index in [1.54, 1.807) is 51.9 Å². The fourth-order valence-electron chi connectivity index (χ4n) is 2.84. The van der Waals surface area contributed by atoms with Gasteiger partial charge in [-0.25, -0.2) is 9.59 Å². The molecule has 5 amide bonds. The quantitative estimate of drug-likeness (QED) is 0.680. The number of hydrogen-bond donors (Lipinski definition) is 2. The number of para-hydroxylation sites is 1. The number of primary amides is 1. The van der Waals surface area contributed by atoms with Crippen molar-refractivity contribution in [3.63, 3.8) is 0 Å². The Bertz CT molecular complexity index is 988. The third-order valence-electron chi connectivity index (χ3n) is 4.25. The number of carbonyl (C=O) groups is 3. The minimum Gasteiger partial charge on any atom is -0.351 e. The van der Waals surface area contributed by atoms with Crippen LogP contribution in [0.4, 0.5) is 15.3 Å². The molecule has 1 aliphatic rings. The molecule has 176 valence electrons. The largest absolute Gasteiger partial charge is 0.351 e. The molecule has 1 aliphatic heterocycles. The van der Waals surface area contributed by atoms with Gasteiger partial charge in [-0.2, -0.15) is 0 Å². The average molecular weight is 470 g/mol. The number of carbonyl (C=O) groups excluding carboxylic acids is 3. The van der Waals surface area contributed by atoms with Crippen LogP contribution in [-0.2, 0) is 0 Å². The van der Waals surface area contributed by atoms with Gasteiger partial charge in [0.25, 0.3) is 5.91 Å². The molecule has 1 heterocycles. The average Bonchev–Trinajstić information content (AvgIpc) is 2.74. The summed E-state index contributed by atoms with van der Waals surface area (Å²) in [5.74, 6) is 0.115. The molecular formula is C24H31N5O3S. The van der Waals surface area contributed by atoms with E-state index in [-0.39, 0.29) is 17.6 Å². The summed E-state index contributed by atoms with van der Waals surface area (Å²) in [6, 6.07) is 17.4. The molecule has 0 spiro atoms. The lowest BCUT2D eigenvalue weighted by molar-refractivity contribution is 0.0966. The Morgan fingerprint density at radius 1 is 1.03 bits per heavy atom. The van der Waals surface area contributed by atoms with Crippen LogP contribution < -0.4 is 16.0 Å². The van der Waals surface area contributed by atoms with Crippen molar-refractivity contribution in [3.05, 3.63) is 66.2 Å². The highest BCUT2D eigenvalue weighted by Gasteiger charge is 2.34. The normalized spacial score (nSPS) is 15.2. The van der Waals surface area contributed by atoms with Crippen molar-refractivity contribution in [1.29, 1.82) is 0 Å². The van der Waals surface area contributed by atoms with Crippen LogP contribution in [-0.4, -0.2) is 45.5 Å². The number of benzene rings is 2. The van der Waals surface area contributed by atoms with Crippen molar-refractivity contribution in [2.45, 2.75) is 46.2 Å². The van der Waals surface area contributed by atoms with E-state index < -0.39 is 11.9 Å². The van der Waals surface area contributed by atoms with Gasteiger partial charge >= 0.3 is 12.1 Å². The first-order valence-corrected chi connectivity index (χ1v) is 11.5. The lowest BCUT2D eigenvalue weighted by Gasteiger charge is -2.38. The number of aliphatic imine (C=N–C) groups is 1. The zero-order valence-corrected chi connectivity index (χ0v) is 20.4. The lowest BCUT2D eigenvalue weighted by Crippen LogP contribution is -2.53. The van der Waals surface area contributed by atoms with Crippen LogP contribution in [0.5, 0.6) is 0 Å². The molecule has 3 rings (SSSR count). The Kier molecular flexibility index (Phi) is 9.04. The molecular weight excluding hydrogens is 438 g/mol. The molecule has 33 heavy (non-hydrogen) atoms. The number of imide groups is 1. The maximum absolute atomic E-state index is 12.8. The van der Waals surface area contributed by atoms with E-state index in [9.17, 15) is 14.4 Å². The monoisotopic (exact) mass is 469 g/mol. The number of amides is 5. The first-order valence-electron chi connectivity index (χ1n) is 10.5. The van der Waals surface area contributed by atoms with Gasteiger partial charge in [0.05, 0.1) is 11.4 Å². The predicted octanol–water partition coefficient (Wildman–Crippen LogP) is 4.68. The molecule has 8 nitrogen and oxygen atoms in total. The number of urea groups is 2. The summed E-state index contributed by atoms with van der Waals surface area (Å²) in [7, 11) is 0. The number of thioether (sulfide) groups is 1. The summed E-state index contributed by atoms with van der Waals surface area (Å²) in [6.07, 6.45) is 0. The van der Waals surface area contributed by atoms with Crippen LogP contribution in [0.3, 0.4) is 0 Å². The second-order valence-corrected chi connectivity index (χ2v) is 9.44. The first kappa shape index (κ1) is 25.9. The highest BCUT2D eigenvalue weighted by molar-refractivity contribution is 8.14. The summed E-state index contributed by atoms with van der Waals surface area (Å²) < 4.78 is 0. The van der Waals surface area contributed by atoms with E-state index in [0.717, 1.165) is 10.9 Å². The summed E-state index contributed by atoms with van der Waals surface area (Å²) in [5.41, 5.74) is 5.91. The second kappa shape index (κ2) is 11.5. The zero-order valence-electron chi connectivity index (χ0n) is 19.6. The highest BCUT2D eigenvalue weighted by atomic mass is 32.2. The number of hydrogen-bond acceptors (Lipinski definition) is 5. The van der Waals surface area contributed by atoms with Crippen LogP contribution in [0, 0.1) is 0 Å². The Labute approximate surface area is 199 Å². The summed E-state index contributed by atoms with van der Waals surface area (Å²) in [5, 5.41) is 2.77. The predicted molar refractivity (Wildman–Crippen MR) is 134 cm³/mol. The number of amidine groups is 1. The Balaban J connectivity index is 0.000000273. The van der Waals surface area contributed by atoms with Gasteiger partial charge in [-0.15, -0.1) is 0 Å². The molecule has 0 atom stereocenters. The Morgan fingerprint density at radius 3 is 2.06 bits per heavy atom. The standard InChI is InChI=1S/C16H23N3OS.C8H8N2O2/c1-12(2)19-14(17-16(3,4)5)21-11-18(15(19)20)13-9-7-6-8-10-13;9-8(12)10-7(11)6-4-2-1-3-5-6/h6-10,12H,11H2,1-5H3;1-5H,(H3,9,10,11,12). The van der Waals surface area contributed by atoms with E-state index >= 15 is 0 Å². The van der Waals surface area contributed by atoms with Gasteiger partial charge in [0.15, 0.2) is 5.17 Å². The second-order valence-electron chi connectivity index (χ2n) is 8.53. The number of nitrogens with two attached hydrogens (primary N) is 1. The third-order valence-corrected chi connectivity index (χ3v) is 5.19. The molecule has 3 N–H and O–H groups in total. The van der Waals surface area contributed by atoms with Gasteiger partial charge in [-0.1, -0.05) is 48.2 Å². The summed E-state index contributed by atoms with van der Waals surface area (Å²) in [4.78, 5) is 42.4. The van der Waals surface area contributed by atoms with Crippen molar-refractivity contribution in [2.24, 2.45) is 10.7 Å². The number of anilines is 1.